The molecule has 3 heteroatoms. The summed E-state index contributed by atoms with van der Waals surface area (Å²) in [7, 11) is 0. The monoisotopic (exact) mass is 277 g/mol. The Morgan fingerprint density at radius 2 is 1.95 bits per heavy atom. The zero-order chi connectivity index (χ0) is 13.8. The summed E-state index contributed by atoms with van der Waals surface area (Å²) in [4.78, 5) is 0. The highest BCUT2D eigenvalue weighted by molar-refractivity contribution is 6.33. The first kappa shape index (κ1) is 14.0. The average Bonchev–Trinajstić information content (AvgIpc) is 2.40. The van der Waals surface area contributed by atoms with Crippen molar-refractivity contribution in [3.05, 3.63) is 58.4 Å². The minimum atomic E-state index is -0.203. The number of hydrogen-bond donors (Lipinski definition) is 1. The predicted octanol–water partition coefficient (Wildman–Crippen LogP) is 4.56. The number of benzene rings is 2. The molecule has 0 atom stereocenters. The van der Waals surface area contributed by atoms with Crippen LogP contribution in [0.25, 0.3) is 11.1 Å². The quantitative estimate of drug-likeness (QED) is 0.864. The van der Waals surface area contributed by atoms with Crippen LogP contribution in [-0.4, -0.2) is 6.54 Å². The second kappa shape index (κ2) is 6.18. The van der Waals surface area contributed by atoms with Crippen molar-refractivity contribution >= 4 is 11.6 Å². The van der Waals surface area contributed by atoms with Crippen LogP contribution in [-0.2, 0) is 6.54 Å². The van der Waals surface area contributed by atoms with E-state index in [1.165, 1.54) is 6.07 Å². The molecule has 0 spiro atoms. The van der Waals surface area contributed by atoms with Crippen molar-refractivity contribution in [1.29, 1.82) is 0 Å². The van der Waals surface area contributed by atoms with E-state index in [0.717, 1.165) is 29.8 Å². The van der Waals surface area contributed by atoms with E-state index in [1.807, 2.05) is 24.3 Å². The Labute approximate surface area is 118 Å². The summed E-state index contributed by atoms with van der Waals surface area (Å²) < 4.78 is 13.6. The maximum absolute atomic E-state index is 13.6. The molecule has 0 saturated carbocycles. The molecule has 0 radical (unpaired) electrons. The van der Waals surface area contributed by atoms with Gasteiger partial charge in [0.05, 0.1) is 0 Å². The lowest BCUT2D eigenvalue weighted by Crippen LogP contribution is -2.11. The summed E-state index contributed by atoms with van der Waals surface area (Å²) in [6.45, 7) is 5.52. The van der Waals surface area contributed by atoms with Gasteiger partial charge in [0.2, 0.25) is 0 Å². The van der Waals surface area contributed by atoms with E-state index in [1.54, 1.807) is 13.0 Å². The van der Waals surface area contributed by atoms with E-state index in [0.29, 0.717) is 10.6 Å². The lowest BCUT2D eigenvalue weighted by atomic mass is 10.0. The topological polar surface area (TPSA) is 12.0 Å². The molecular formula is C16H17ClFN. The highest BCUT2D eigenvalue weighted by atomic mass is 35.5. The smallest absolute Gasteiger partial charge is 0.126 e. The van der Waals surface area contributed by atoms with Gasteiger partial charge in [-0.15, -0.1) is 0 Å². The number of halogens is 2. The molecule has 19 heavy (non-hydrogen) atoms. The fourth-order valence-electron chi connectivity index (χ4n) is 1.93. The molecule has 1 N–H and O–H groups in total. The summed E-state index contributed by atoms with van der Waals surface area (Å²) in [6.07, 6.45) is 0. The van der Waals surface area contributed by atoms with Gasteiger partial charge in [0.1, 0.15) is 5.82 Å². The number of hydrogen-bond acceptors (Lipinski definition) is 1. The molecule has 0 amide bonds. The standard InChI is InChI=1S/C16H17ClFN/c1-3-19-10-12-5-7-14(15(17)8-12)13-6-4-11(2)16(18)9-13/h4-9,19H,3,10H2,1-2H3. The predicted molar refractivity (Wildman–Crippen MR) is 79.0 cm³/mol. The minimum Gasteiger partial charge on any atom is -0.313 e. The second-order valence-corrected chi connectivity index (χ2v) is 4.97. The van der Waals surface area contributed by atoms with Gasteiger partial charge in [-0.05, 0) is 42.3 Å². The van der Waals surface area contributed by atoms with Crippen LogP contribution in [0.4, 0.5) is 4.39 Å². The molecule has 0 heterocycles. The fraction of sp³-hybridized carbons (Fsp3) is 0.250. The maximum Gasteiger partial charge on any atom is 0.126 e. The Morgan fingerprint density at radius 1 is 1.16 bits per heavy atom. The Hall–Kier alpha value is -1.38. The van der Waals surface area contributed by atoms with Crippen LogP contribution < -0.4 is 5.32 Å². The number of aryl methyl sites for hydroxylation is 1. The molecule has 0 bridgehead atoms. The van der Waals surface area contributed by atoms with Crippen molar-refractivity contribution in [3.8, 4) is 11.1 Å². The first-order valence-corrected chi connectivity index (χ1v) is 6.75. The van der Waals surface area contributed by atoms with Crippen LogP contribution in [0.3, 0.4) is 0 Å². The van der Waals surface area contributed by atoms with Gasteiger partial charge in [0, 0.05) is 17.1 Å². The van der Waals surface area contributed by atoms with Gasteiger partial charge < -0.3 is 5.32 Å². The van der Waals surface area contributed by atoms with Gasteiger partial charge in [-0.3, -0.25) is 0 Å². The van der Waals surface area contributed by atoms with Gasteiger partial charge in [0.15, 0.2) is 0 Å². The van der Waals surface area contributed by atoms with Crippen molar-refractivity contribution in [1.82, 2.24) is 5.32 Å². The van der Waals surface area contributed by atoms with Crippen molar-refractivity contribution in [2.75, 3.05) is 6.54 Å². The van der Waals surface area contributed by atoms with Crippen LogP contribution in [0, 0.1) is 12.7 Å². The molecule has 1 nitrogen and oxygen atoms in total. The van der Waals surface area contributed by atoms with Gasteiger partial charge in [-0.25, -0.2) is 4.39 Å². The molecule has 0 aliphatic heterocycles. The highest BCUT2D eigenvalue weighted by Crippen LogP contribution is 2.29. The van der Waals surface area contributed by atoms with Crippen molar-refractivity contribution < 1.29 is 4.39 Å². The van der Waals surface area contributed by atoms with Crippen LogP contribution >= 0.6 is 11.6 Å². The first-order valence-electron chi connectivity index (χ1n) is 6.37. The maximum atomic E-state index is 13.6. The second-order valence-electron chi connectivity index (χ2n) is 4.56. The largest absolute Gasteiger partial charge is 0.313 e. The van der Waals surface area contributed by atoms with Gasteiger partial charge in [-0.2, -0.15) is 0 Å². The van der Waals surface area contributed by atoms with Gasteiger partial charge in [-0.1, -0.05) is 42.8 Å². The summed E-state index contributed by atoms with van der Waals surface area (Å²) in [5, 5.41) is 3.90. The zero-order valence-corrected chi connectivity index (χ0v) is 11.9. The molecule has 0 unspecified atom stereocenters. The van der Waals surface area contributed by atoms with E-state index in [2.05, 4.69) is 12.2 Å². The number of rotatable bonds is 4. The molecule has 0 fully saturated rings. The molecule has 2 rings (SSSR count). The Kier molecular flexibility index (Phi) is 4.56. The van der Waals surface area contributed by atoms with Gasteiger partial charge >= 0.3 is 0 Å². The lowest BCUT2D eigenvalue weighted by molar-refractivity contribution is 0.619. The van der Waals surface area contributed by atoms with Crippen LogP contribution in [0.2, 0.25) is 5.02 Å². The van der Waals surface area contributed by atoms with Crippen LogP contribution in [0.5, 0.6) is 0 Å². The highest BCUT2D eigenvalue weighted by Gasteiger charge is 2.07. The third-order valence-electron chi connectivity index (χ3n) is 3.10. The SMILES string of the molecule is CCNCc1ccc(-c2ccc(C)c(F)c2)c(Cl)c1. The molecule has 0 saturated heterocycles. The summed E-state index contributed by atoms with van der Waals surface area (Å²) >= 11 is 6.28. The third-order valence-corrected chi connectivity index (χ3v) is 3.41. The third kappa shape index (κ3) is 3.34. The molecule has 100 valence electrons. The number of nitrogens with one attached hydrogen (secondary N) is 1. The Morgan fingerprint density at radius 3 is 2.58 bits per heavy atom. The van der Waals surface area contributed by atoms with Crippen molar-refractivity contribution in [3.63, 3.8) is 0 Å². The molecule has 0 aromatic heterocycles. The Bertz CT molecular complexity index is 581. The van der Waals surface area contributed by atoms with E-state index in [9.17, 15) is 4.39 Å². The zero-order valence-electron chi connectivity index (χ0n) is 11.1. The minimum absolute atomic E-state index is 0.203. The summed E-state index contributed by atoms with van der Waals surface area (Å²) in [5.41, 5.74) is 3.44. The molecule has 2 aromatic rings. The molecular weight excluding hydrogens is 261 g/mol. The van der Waals surface area contributed by atoms with Gasteiger partial charge in [0.25, 0.3) is 0 Å². The van der Waals surface area contributed by atoms with E-state index >= 15 is 0 Å². The first-order chi connectivity index (χ1) is 9.11. The summed E-state index contributed by atoms with van der Waals surface area (Å²) in [6, 6.07) is 11.1. The van der Waals surface area contributed by atoms with E-state index in [-0.39, 0.29) is 5.82 Å². The van der Waals surface area contributed by atoms with E-state index < -0.39 is 0 Å². The van der Waals surface area contributed by atoms with Crippen LogP contribution in [0.15, 0.2) is 36.4 Å². The van der Waals surface area contributed by atoms with E-state index in [4.69, 9.17) is 11.6 Å². The summed E-state index contributed by atoms with van der Waals surface area (Å²) in [5.74, 6) is -0.203. The van der Waals surface area contributed by atoms with Crippen LogP contribution in [0.1, 0.15) is 18.1 Å². The Balaban J connectivity index is 2.32. The molecule has 0 aliphatic rings. The normalized spacial score (nSPS) is 10.7. The molecule has 2 aromatic carbocycles. The molecule has 0 aliphatic carbocycles. The van der Waals surface area contributed by atoms with Crippen molar-refractivity contribution in [2.24, 2.45) is 0 Å². The average molecular weight is 278 g/mol. The lowest BCUT2D eigenvalue weighted by Gasteiger charge is -2.09. The van der Waals surface area contributed by atoms with Crippen molar-refractivity contribution in [2.45, 2.75) is 20.4 Å². The fourth-order valence-corrected chi connectivity index (χ4v) is 2.24.